The molecule has 1 fully saturated rings. The van der Waals surface area contributed by atoms with Crippen LogP contribution in [0.5, 0.6) is 5.75 Å². The van der Waals surface area contributed by atoms with Crippen LogP contribution in [-0.2, 0) is 11.3 Å². The normalized spacial score (nSPS) is 16.9. The standard InChI is InChI=1S/C23H31N3O2.ClH/c1-18(2)26(16-19-9-5-4-6-10-19)23(27)17-25-14-13-24-15-21(25)20-11-7-8-12-22(20)28-3;/h4-12,18,21,24H,13-17H2,1-3H3;1H. The molecule has 3 rings (SSSR count). The molecule has 1 aliphatic heterocycles. The largest absolute Gasteiger partial charge is 0.496 e. The van der Waals surface area contributed by atoms with Crippen molar-refractivity contribution in [2.45, 2.75) is 32.5 Å². The van der Waals surface area contributed by atoms with Crippen LogP contribution in [0.3, 0.4) is 0 Å². The number of carbonyl (C=O) groups excluding carboxylic acids is 1. The monoisotopic (exact) mass is 417 g/mol. The van der Waals surface area contributed by atoms with E-state index in [4.69, 9.17) is 4.74 Å². The van der Waals surface area contributed by atoms with Crippen LogP contribution in [0.1, 0.15) is 31.0 Å². The van der Waals surface area contributed by atoms with E-state index in [1.807, 2.05) is 41.3 Å². The van der Waals surface area contributed by atoms with Crippen LogP contribution in [0, 0.1) is 0 Å². The average molecular weight is 418 g/mol. The zero-order chi connectivity index (χ0) is 19.9. The average Bonchev–Trinajstić information content (AvgIpc) is 2.73. The number of nitrogens with one attached hydrogen (secondary N) is 1. The zero-order valence-corrected chi connectivity index (χ0v) is 18.3. The van der Waals surface area contributed by atoms with E-state index in [0.717, 1.165) is 36.5 Å². The van der Waals surface area contributed by atoms with E-state index in [9.17, 15) is 4.79 Å². The molecule has 29 heavy (non-hydrogen) atoms. The van der Waals surface area contributed by atoms with Gasteiger partial charge >= 0.3 is 0 Å². The van der Waals surface area contributed by atoms with Gasteiger partial charge in [-0.2, -0.15) is 0 Å². The first-order valence-corrected chi connectivity index (χ1v) is 10.0. The summed E-state index contributed by atoms with van der Waals surface area (Å²) < 4.78 is 5.57. The minimum absolute atomic E-state index is 0. The third kappa shape index (κ3) is 5.95. The van der Waals surface area contributed by atoms with Gasteiger partial charge in [0.15, 0.2) is 0 Å². The number of amides is 1. The van der Waals surface area contributed by atoms with Gasteiger partial charge in [0.25, 0.3) is 0 Å². The fraction of sp³-hybridized carbons (Fsp3) is 0.435. The summed E-state index contributed by atoms with van der Waals surface area (Å²) in [5.74, 6) is 1.04. The molecule has 0 saturated carbocycles. The topological polar surface area (TPSA) is 44.8 Å². The summed E-state index contributed by atoms with van der Waals surface area (Å²) in [6.07, 6.45) is 0. The summed E-state index contributed by atoms with van der Waals surface area (Å²) in [4.78, 5) is 17.5. The molecule has 1 heterocycles. The molecule has 1 amide bonds. The fourth-order valence-electron chi connectivity index (χ4n) is 3.79. The van der Waals surface area contributed by atoms with Crippen LogP contribution in [0.4, 0.5) is 0 Å². The van der Waals surface area contributed by atoms with E-state index < -0.39 is 0 Å². The molecule has 1 N–H and O–H groups in total. The number of halogens is 1. The second-order valence-corrected chi connectivity index (χ2v) is 7.53. The van der Waals surface area contributed by atoms with Gasteiger partial charge in [0.2, 0.25) is 5.91 Å². The molecule has 0 aromatic heterocycles. The summed E-state index contributed by atoms with van der Waals surface area (Å²) in [5, 5.41) is 3.46. The second-order valence-electron chi connectivity index (χ2n) is 7.53. The van der Waals surface area contributed by atoms with Crippen molar-refractivity contribution in [1.29, 1.82) is 0 Å². The number of rotatable bonds is 7. The quantitative estimate of drug-likeness (QED) is 0.748. The molecular formula is C23H32ClN3O2. The molecule has 2 aromatic rings. The molecule has 1 unspecified atom stereocenters. The first-order valence-electron chi connectivity index (χ1n) is 10.0. The lowest BCUT2D eigenvalue weighted by Gasteiger charge is -2.38. The Kier molecular flexibility index (Phi) is 8.96. The maximum atomic E-state index is 13.2. The maximum Gasteiger partial charge on any atom is 0.237 e. The van der Waals surface area contributed by atoms with Gasteiger partial charge in [-0.3, -0.25) is 9.69 Å². The summed E-state index contributed by atoms with van der Waals surface area (Å²) in [7, 11) is 1.70. The fourth-order valence-corrected chi connectivity index (χ4v) is 3.79. The van der Waals surface area contributed by atoms with Gasteiger partial charge in [0.05, 0.1) is 19.7 Å². The zero-order valence-electron chi connectivity index (χ0n) is 17.5. The Morgan fingerprint density at radius 1 is 1.17 bits per heavy atom. The van der Waals surface area contributed by atoms with Crippen molar-refractivity contribution < 1.29 is 9.53 Å². The first kappa shape index (κ1) is 23.2. The Morgan fingerprint density at radius 3 is 2.55 bits per heavy atom. The van der Waals surface area contributed by atoms with Crippen molar-refractivity contribution in [2.75, 3.05) is 33.3 Å². The molecule has 1 atom stereocenters. The third-order valence-electron chi connectivity index (χ3n) is 5.33. The highest BCUT2D eigenvalue weighted by Crippen LogP contribution is 2.30. The Labute approximate surface area is 180 Å². The van der Waals surface area contributed by atoms with Gasteiger partial charge in [-0.05, 0) is 25.5 Å². The van der Waals surface area contributed by atoms with Crippen molar-refractivity contribution in [3.8, 4) is 5.75 Å². The SMILES string of the molecule is COc1ccccc1C1CNCCN1CC(=O)N(Cc1ccccc1)C(C)C.Cl. The van der Waals surface area contributed by atoms with Gasteiger partial charge in [-0.15, -0.1) is 12.4 Å². The van der Waals surface area contributed by atoms with E-state index in [0.29, 0.717) is 13.1 Å². The molecule has 0 spiro atoms. The summed E-state index contributed by atoms with van der Waals surface area (Å²) in [6.45, 7) is 7.75. The minimum atomic E-state index is 0. The molecule has 0 aliphatic carbocycles. The molecule has 2 aromatic carbocycles. The van der Waals surface area contributed by atoms with Crippen molar-refractivity contribution in [2.24, 2.45) is 0 Å². The minimum Gasteiger partial charge on any atom is -0.496 e. The van der Waals surface area contributed by atoms with Crippen LogP contribution in [0.25, 0.3) is 0 Å². The van der Waals surface area contributed by atoms with Crippen LogP contribution in [0.15, 0.2) is 54.6 Å². The number of nitrogens with zero attached hydrogens (tertiary/aromatic N) is 2. The predicted molar refractivity (Wildman–Crippen MR) is 120 cm³/mol. The van der Waals surface area contributed by atoms with E-state index in [1.165, 1.54) is 0 Å². The van der Waals surface area contributed by atoms with Crippen molar-refractivity contribution in [3.05, 3.63) is 65.7 Å². The van der Waals surface area contributed by atoms with E-state index >= 15 is 0 Å². The van der Waals surface area contributed by atoms with E-state index in [1.54, 1.807) is 7.11 Å². The number of piperazine rings is 1. The number of carbonyl (C=O) groups is 1. The lowest BCUT2D eigenvalue weighted by atomic mass is 10.0. The molecule has 0 radical (unpaired) electrons. The Morgan fingerprint density at radius 2 is 1.86 bits per heavy atom. The number of hydrogen-bond donors (Lipinski definition) is 1. The molecule has 158 valence electrons. The number of hydrogen-bond acceptors (Lipinski definition) is 4. The Bertz CT molecular complexity index is 770. The molecule has 1 aliphatic rings. The first-order chi connectivity index (χ1) is 13.6. The Hall–Kier alpha value is -2.08. The van der Waals surface area contributed by atoms with Gasteiger partial charge in [-0.25, -0.2) is 0 Å². The van der Waals surface area contributed by atoms with E-state index in [2.05, 4.69) is 42.3 Å². The van der Waals surface area contributed by atoms with Crippen LogP contribution < -0.4 is 10.1 Å². The highest BCUT2D eigenvalue weighted by molar-refractivity contribution is 5.85. The third-order valence-corrected chi connectivity index (χ3v) is 5.33. The number of ether oxygens (including phenoxy) is 1. The number of para-hydroxylation sites is 1. The highest BCUT2D eigenvalue weighted by atomic mass is 35.5. The lowest BCUT2D eigenvalue weighted by molar-refractivity contribution is -0.135. The number of methoxy groups -OCH3 is 1. The van der Waals surface area contributed by atoms with Crippen molar-refractivity contribution in [3.63, 3.8) is 0 Å². The van der Waals surface area contributed by atoms with Gasteiger partial charge < -0.3 is 15.0 Å². The van der Waals surface area contributed by atoms with Gasteiger partial charge in [-0.1, -0.05) is 48.5 Å². The van der Waals surface area contributed by atoms with Crippen LogP contribution in [-0.4, -0.2) is 55.0 Å². The van der Waals surface area contributed by atoms with Gasteiger partial charge in [0.1, 0.15) is 5.75 Å². The number of benzene rings is 2. The molecule has 0 bridgehead atoms. The predicted octanol–water partition coefficient (Wildman–Crippen LogP) is 3.50. The van der Waals surface area contributed by atoms with Crippen LogP contribution in [0.2, 0.25) is 0 Å². The Balaban J connectivity index is 0.00000300. The summed E-state index contributed by atoms with van der Waals surface area (Å²) >= 11 is 0. The highest BCUT2D eigenvalue weighted by Gasteiger charge is 2.29. The summed E-state index contributed by atoms with van der Waals surface area (Å²) in [5.41, 5.74) is 2.29. The lowest BCUT2D eigenvalue weighted by Crippen LogP contribution is -2.51. The molecule has 5 nitrogen and oxygen atoms in total. The van der Waals surface area contributed by atoms with E-state index in [-0.39, 0.29) is 30.4 Å². The summed E-state index contributed by atoms with van der Waals surface area (Å²) in [6, 6.07) is 18.6. The second kappa shape index (κ2) is 11.2. The van der Waals surface area contributed by atoms with Crippen LogP contribution >= 0.6 is 12.4 Å². The molecule has 6 heteroatoms. The van der Waals surface area contributed by atoms with Crippen molar-refractivity contribution >= 4 is 18.3 Å². The molecule has 1 saturated heterocycles. The molecular weight excluding hydrogens is 386 g/mol. The van der Waals surface area contributed by atoms with Gasteiger partial charge in [0, 0.05) is 37.8 Å². The smallest absolute Gasteiger partial charge is 0.237 e. The maximum absolute atomic E-state index is 13.2. The van der Waals surface area contributed by atoms with Crippen molar-refractivity contribution in [1.82, 2.24) is 15.1 Å².